The van der Waals surface area contributed by atoms with Gasteiger partial charge in [-0.15, -0.1) is 0 Å². The number of nitrogens with one attached hydrogen (secondary N) is 1. The van der Waals surface area contributed by atoms with Gasteiger partial charge in [-0.1, -0.05) is 39.8 Å². The Morgan fingerprint density at radius 1 is 0.884 bits per heavy atom. The van der Waals surface area contributed by atoms with Crippen LogP contribution in [-0.2, 0) is 28.6 Å². The lowest BCUT2D eigenvalue weighted by Crippen LogP contribution is -2.55. The van der Waals surface area contributed by atoms with Crippen LogP contribution in [0.3, 0.4) is 0 Å². The Balaban J connectivity index is 2.87. The van der Waals surface area contributed by atoms with E-state index in [1.54, 1.807) is 6.08 Å². The van der Waals surface area contributed by atoms with Gasteiger partial charge in [0, 0.05) is 21.3 Å². The number of esters is 1. The van der Waals surface area contributed by atoms with Gasteiger partial charge in [-0.05, 0) is 37.5 Å². The Labute approximate surface area is 253 Å². The van der Waals surface area contributed by atoms with Gasteiger partial charge in [0.2, 0.25) is 5.91 Å². The van der Waals surface area contributed by atoms with Gasteiger partial charge in [0.15, 0.2) is 12.2 Å². The molecule has 10 atom stereocenters. The fourth-order valence-electron chi connectivity index (χ4n) is 4.63. The highest BCUT2D eigenvalue weighted by atomic mass is 16.6. The third-order valence-electron chi connectivity index (χ3n) is 7.32. The maximum absolute atomic E-state index is 13.0. The molecule has 0 bridgehead atoms. The van der Waals surface area contributed by atoms with Gasteiger partial charge in [-0.25, -0.2) is 4.79 Å². The Hall–Kier alpha value is -2.17. The largest absolute Gasteiger partial charge is 0.458 e. The third kappa shape index (κ3) is 12.0. The van der Waals surface area contributed by atoms with Crippen molar-refractivity contribution in [3.63, 3.8) is 0 Å². The second-order valence-corrected chi connectivity index (χ2v) is 11.8. The van der Waals surface area contributed by atoms with E-state index in [0.717, 1.165) is 14.2 Å². The molecule has 1 saturated heterocycles. The number of likely N-dealkylation sites (N-methyl/N-ethyl adjacent to an activating group) is 1. The van der Waals surface area contributed by atoms with Crippen LogP contribution in [0.25, 0.3) is 0 Å². The predicted molar refractivity (Wildman–Crippen MR) is 154 cm³/mol. The van der Waals surface area contributed by atoms with Crippen molar-refractivity contribution in [2.45, 2.75) is 114 Å². The first kappa shape index (κ1) is 38.9. The molecule has 250 valence electrons. The molecule has 0 aliphatic carbocycles. The van der Waals surface area contributed by atoms with Crippen LogP contribution in [-0.4, -0.2) is 142 Å². The van der Waals surface area contributed by atoms with Crippen molar-refractivity contribution in [2.75, 3.05) is 27.8 Å². The van der Waals surface area contributed by atoms with E-state index in [1.165, 1.54) is 18.0 Å². The molecule has 1 aliphatic heterocycles. The van der Waals surface area contributed by atoms with Gasteiger partial charge in [0.25, 0.3) is 5.91 Å². The van der Waals surface area contributed by atoms with Gasteiger partial charge >= 0.3 is 5.97 Å². The highest BCUT2D eigenvalue weighted by Crippen LogP contribution is 2.20. The molecule has 1 heterocycles. The van der Waals surface area contributed by atoms with Crippen molar-refractivity contribution in [2.24, 2.45) is 11.8 Å². The smallest absolute Gasteiger partial charge is 0.338 e. The zero-order valence-electron chi connectivity index (χ0n) is 26.2. The van der Waals surface area contributed by atoms with E-state index >= 15 is 0 Å². The maximum atomic E-state index is 13.0. The number of hydrogen-bond acceptors (Lipinski definition) is 12. The van der Waals surface area contributed by atoms with E-state index in [0.29, 0.717) is 6.42 Å². The van der Waals surface area contributed by atoms with Gasteiger partial charge in [-0.3, -0.25) is 9.59 Å². The van der Waals surface area contributed by atoms with Crippen LogP contribution in [0.4, 0.5) is 0 Å². The molecule has 0 aromatic carbocycles. The number of allylic oxidation sites excluding steroid dienone is 1. The summed E-state index contributed by atoms with van der Waals surface area (Å²) in [6.45, 7) is 7.55. The molecule has 0 saturated carbocycles. The monoisotopic (exact) mass is 620 g/mol. The van der Waals surface area contributed by atoms with Crippen molar-refractivity contribution < 1.29 is 59.2 Å². The standard InChI is InChI=1S/C29H52N2O12/c1-15(2)8-12-19(32)21(34)23(36)25(41-6)27(38)30-18-11-10-17(14-31(5)28(18)39)43-29(40)26(42-7)24(37)22(35)20(33)13-9-16(3)4/h8,12,15-26,32-37H,9-11,13-14H2,1-7H3,(H,30,38)/b12-8+/t17-,18-,19+,20+,21-,22-,23+,24+,25+,26+/m0/s1. The molecule has 0 spiro atoms. The van der Waals surface area contributed by atoms with Crippen molar-refractivity contribution >= 4 is 17.8 Å². The molecular weight excluding hydrogens is 568 g/mol. The summed E-state index contributed by atoms with van der Waals surface area (Å²) in [5, 5.41) is 64.7. The highest BCUT2D eigenvalue weighted by molar-refractivity contribution is 5.89. The lowest BCUT2D eigenvalue weighted by molar-refractivity contribution is -0.178. The Bertz CT molecular complexity index is 901. The summed E-state index contributed by atoms with van der Waals surface area (Å²) in [6.07, 6.45) is -9.97. The first-order chi connectivity index (χ1) is 20.0. The molecule has 0 radical (unpaired) electrons. The van der Waals surface area contributed by atoms with E-state index in [4.69, 9.17) is 14.2 Å². The minimum Gasteiger partial charge on any atom is -0.458 e. The van der Waals surface area contributed by atoms with Crippen molar-refractivity contribution in [3.05, 3.63) is 12.2 Å². The van der Waals surface area contributed by atoms with E-state index in [2.05, 4.69) is 5.32 Å². The number of hydrogen-bond donors (Lipinski definition) is 7. The molecule has 7 N–H and O–H groups in total. The number of amides is 2. The van der Waals surface area contributed by atoms with Crippen molar-refractivity contribution in [1.82, 2.24) is 10.2 Å². The Morgan fingerprint density at radius 3 is 2.00 bits per heavy atom. The highest BCUT2D eigenvalue weighted by Gasteiger charge is 2.41. The van der Waals surface area contributed by atoms with E-state index in [1.807, 2.05) is 27.7 Å². The number of aliphatic hydroxyl groups excluding tert-OH is 6. The van der Waals surface area contributed by atoms with Crippen LogP contribution >= 0.6 is 0 Å². The summed E-state index contributed by atoms with van der Waals surface area (Å²) < 4.78 is 15.6. The first-order valence-electron chi connectivity index (χ1n) is 14.6. The van der Waals surface area contributed by atoms with Gasteiger partial charge in [0.1, 0.15) is 42.7 Å². The maximum Gasteiger partial charge on any atom is 0.338 e. The van der Waals surface area contributed by atoms with E-state index < -0.39 is 78.8 Å². The number of methoxy groups -OCH3 is 2. The molecule has 14 heteroatoms. The number of rotatable bonds is 17. The van der Waals surface area contributed by atoms with Crippen LogP contribution in [0.1, 0.15) is 53.4 Å². The predicted octanol–water partition coefficient (Wildman–Crippen LogP) is -1.52. The first-order valence-corrected chi connectivity index (χ1v) is 14.6. The summed E-state index contributed by atoms with van der Waals surface area (Å²) in [5.41, 5.74) is 0. The average molecular weight is 621 g/mol. The fraction of sp³-hybridized carbons (Fsp3) is 0.828. The summed E-state index contributed by atoms with van der Waals surface area (Å²) in [6, 6.07) is -1.09. The number of ether oxygens (including phenoxy) is 3. The molecular formula is C29H52N2O12. The molecule has 0 aromatic heterocycles. The SMILES string of the molecule is CO[C@@H](C(=O)N[C@H]1CC[C@H](OC(=O)[C@H](OC)[C@H](O)[C@@H](O)[C@H](O)CCC(C)C)CN(C)C1=O)[C@H](O)[C@@H](O)[C@H](O)/C=C/C(C)C. The average Bonchev–Trinajstić information content (AvgIpc) is 3.07. The van der Waals surface area contributed by atoms with Crippen LogP contribution in [0, 0.1) is 11.8 Å². The number of carbonyl (C=O) groups excluding carboxylic acids is 3. The number of nitrogens with zero attached hydrogens (tertiary/aromatic N) is 1. The van der Waals surface area contributed by atoms with Gasteiger partial charge in [0.05, 0.1) is 12.6 Å². The second-order valence-electron chi connectivity index (χ2n) is 11.8. The van der Waals surface area contributed by atoms with Gasteiger partial charge < -0.3 is 55.1 Å². The summed E-state index contributed by atoms with van der Waals surface area (Å²) in [5.74, 6) is -2.08. The van der Waals surface area contributed by atoms with Crippen molar-refractivity contribution in [1.29, 1.82) is 0 Å². The molecule has 1 aliphatic rings. The lowest BCUT2D eigenvalue weighted by Gasteiger charge is -2.29. The zero-order valence-corrected chi connectivity index (χ0v) is 26.2. The minimum absolute atomic E-state index is 0.0262. The normalized spacial score (nSPS) is 23.8. The number of carbonyl (C=O) groups is 3. The zero-order chi connectivity index (χ0) is 33.0. The lowest BCUT2D eigenvalue weighted by atomic mass is 9.96. The van der Waals surface area contributed by atoms with Gasteiger partial charge in [-0.2, -0.15) is 0 Å². The second kappa shape index (κ2) is 18.6. The molecule has 0 unspecified atom stereocenters. The summed E-state index contributed by atoms with van der Waals surface area (Å²) in [7, 11) is 3.72. The van der Waals surface area contributed by atoms with Crippen LogP contribution in [0.5, 0.6) is 0 Å². The topological polar surface area (TPSA) is 216 Å². The van der Waals surface area contributed by atoms with Crippen LogP contribution < -0.4 is 5.32 Å². The van der Waals surface area contributed by atoms with Crippen LogP contribution in [0.15, 0.2) is 12.2 Å². The fourth-order valence-corrected chi connectivity index (χ4v) is 4.63. The Morgan fingerprint density at radius 2 is 1.47 bits per heavy atom. The molecule has 1 rings (SSSR count). The summed E-state index contributed by atoms with van der Waals surface area (Å²) in [4.78, 5) is 40.1. The van der Waals surface area contributed by atoms with E-state index in [9.17, 15) is 45.0 Å². The Kier molecular flexibility index (Phi) is 16.8. The molecule has 43 heavy (non-hydrogen) atoms. The molecule has 1 fully saturated rings. The number of aliphatic hydroxyl groups is 6. The minimum atomic E-state index is -1.82. The van der Waals surface area contributed by atoms with Crippen molar-refractivity contribution in [3.8, 4) is 0 Å². The third-order valence-corrected chi connectivity index (χ3v) is 7.32. The molecule has 14 nitrogen and oxygen atoms in total. The number of likely N-dealkylation sites (tertiary alicyclic amines) is 1. The van der Waals surface area contributed by atoms with E-state index in [-0.39, 0.29) is 37.6 Å². The molecule has 0 aromatic rings. The van der Waals surface area contributed by atoms with Crippen LogP contribution in [0.2, 0.25) is 0 Å². The summed E-state index contributed by atoms with van der Waals surface area (Å²) >= 11 is 0. The quantitative estimate of drug-likeness (QED) is 0.0729. The molecule has 2 amide bonds.